The van der Waals surface area contributed by atoms with Crippen LogP contribution in [-0.4, -0.2) is 48.0 Å². The number of ether oxygens (including phenoxy) is 2. The maximum atomic E-state index is 9.95. The summed E-state index contributed by atoms with van der Waals surface area (Å²) in [6.07, 6.45) is 0.866. The van der Waals surface area contributed by atoms with Crippen molar-refractivity contribution in [1.29, 1.82) is 5.26 Å². The summed E-state index contributed by atoms with van der Waals surface area (Å²) >= 11 is 0. The van der Waals surface area contributed by atoms with Crippen LogP contribution in [0.3, 0.4) is 0 Å². The average Bonchev–Trinajstić information content (AvgIpc) is 2.65. The smallest absolute Gasteiger partial charge is 0.233 e. The van der Waals surface area contributed by atoms with E-state index in [0.29, 0.717) is 12.2 Å². The minimum absolute atomic E-state index is 0. The van der Waals surface area contributed by atoms with E-state index in [0.717, 1.165) is 11.4 Å². The van der Waals surface area contributed by atoms with Gasteiger partial charge in [0.2, 0.25) is 5.88 Å². The summed E-state index contributed by atoms with van der Waals surface area (Å²) in [5.41, 5.74) is 1.67. The molecule has 10 heteroatoms. The second-order valence-electron chi connectivity index (χ2n) is 6.03. The fourth-order valence-electron chi connectivity index (χ4n) is 2.20. The number of pyridine rings is 1. The van der Waals surface area contributed by atoms with Gasteiger partial charge in [-0.15, -0.1) is 24.8 Å². The number of halogens is 2. The number of anilines is 2. The normalized spacial score (nSPS) is 10.5. The van der Waals surface area contributed by atoms with Crippen LogP contribution in [0.25, 0.3) is 0 Å². The highest BCUT2D eigenvalue weighted by molar-refractivity contribution is 5.85. The molecule has 0 amide bonds. The number of hydrogen-bond acceptors (Lipinski definition) is 7. The Balaban J connectivity index is 0. The van der Waals surface area contributed by atoms with E-state index in [-0.39, 0.29) is 54.4 Å². The quantitative estimate of drug-likeness (QED) is 0.538. The predicted molar refractivity (Wildman–Crippen MR) is 118 cm³/mol. The minimum atomic E-state index is -0.691. The van der Waals surface area contributed by atoms with Crippen molar-refractivity contribution in [2.75, 3.05) is 25.6 Å². The SMILES string of the molecule is COc1ccc(Nc2ccnc(OCC(O)CNC(C)C)c2C#N)cc1.Cl.Cl.O. The lowest BCUT2D eigenvalue weighted by Crippen LogP contribution is -2.35. The summed E-state index contributed by atoms with van der Waals surface area (Å²) in [5, 5.41) is 25.7. The number of aliphatic hydroxyl groups is 1. The van der Waals surface area contributed by atoms with Gasteiger partial charge in [-0.2, -0.15) is 5.26 Å². The highest BCUT2D eigenvalue weighted by Gasteiger charge is 2.13. The number of nitrogens with zero attached hydrogens (tertiary/aromatic N) is 2. The zero-order valence-corrected chi connectivity index (χ0v) is 18.1. The van der Waals surface area contributed by atoms with Crippen molar-refractivity contribution in [3.05, 3.63) is 42.1 Å². The van der Waals surface area contributed by atoms with Crippen LogP contribution in [0.5, 0.6) is 11.6 Å². The molecule has 1 unspecified atom stereocenters. The van der Waals surface area contributed by atoms with E-state index < -0.39 is 6.10 Å². The van der Waals surface area contributed by atoms with Crippen LogP contribution in [0.4, 0.5) is 11.4 Å². The number of benzene rings is 1. The second kappa shape index (κ2) is 14.7. The van der Waals surface area contributed by atoms with Gasteiger partial charge in [0.15, 0.2) is 0 Å². The number of methoxy groups -OCH3 is 1. The third kappa shape index (κ3) is 9.17. The number of nitriles is 1. The highest BCUT2D eigenvalue weighted by Crippen LogP contribution is 2.27. The third-order valence-corrected chi connectivity index (χ3v) is 3.57. The van der Waals surface area contributed by atoms with E-state index >= 15 is 0 Å². The topological polar surface area (TPSA) is 131 Å². The fourth-order valence-corrected chi connectivity index (χ4v) is 2.20. The molecule has 0 aliphatic rings. The lowest BCUT2D eigenvalue weighted by molar-refractivity contribution is 0.102. The van der Waals surface area contributed by atoms with Gasteiger partial charge in [0, 0.05) is 24.5 Å². The summed E-state index contributed by atoms with van der Waals surface area (Å²) in [4.78, 5) is 4.11. The van der Waals surface area contributed by atoms with Crippen molar-refractivity contribution in [2.45, 2.75) is 26.0 Å². The standard InChI is InChI=1S/C19H24N4O3.2ClH.H2O/c1-13(2)22-11-15(24)12-26-19-17(10-20)18(8-9-21-19)23-14-4-6-16(25-3)7-5-14;;;/h4-9,13,15,22,24H,11-12H2,1-3H3,(H,21,23);2*1H;1H2. The molecule has 1 aromatic carbocycles. The van der Waals surface area contributed by atoms with E-state index in [1.165, 1.54) is 0 Å². The molecule has 0 bridgehead atoms. The average molecular weight is 447 g/mol. The summed E-state index contributed by atoms with van der Waals surface area (Å²) in [6.45, 7) is 4.45. The molecule has 0 saturated carbocycles. The van der Waals surface area contributed by atoms with E-state index in [1.54, 1.807) is 19.4 Å². The van der Waals surface area contributed by atoms with Crippen molar-refractivity contribution in [1.82, 2.24) is 10.3 Å². The minimum Gasteiger partial charge on any atom is -0.497 e. The number of rotatable bonds is 9. The van der Waals surface area contributed by atoms with Gasteiger partial charge in [0.25, 0.3) is 0 Å². The van der Waals surface area contributed by atoms with Gasteiger partial charge >= 0.3 is 0 Å². The second-order valence-corrected chi connectivity index (χ2v) is 6.03. The molecule has 1 heterocycles. The Morgan fingerprint density at radius 3 is 2.38 bits per heavy atom. The zero-order chi connectivity index (χ0) is 18.9. The number of hydrogen-bond donors (Lipinski definition) is 3. The summed E-state index contributed by atoms with van der Waals surface area (Å²) in [6, 6.07) is 11.4. The Labute approximate surface area is 183 Å². The van der Waals surface area contributed by atoms with Crippen molar-refractivity contribution < 1.29 is 20.1 Å². The summed E-state index contributed by atoms with van der Waals surface area (Å²) in [5.74, 6) is 0.938. The van der Waals surface area contributed by atoms with Crippen LogP contribution in [0.2, 0.25) is 0 Å². The molecule has 8 nitrogen and oxygen atoms in total. The highest BCUT2D eigenvalue weighted by atomic mass is 35.5. The maximum absolute atomic E-state index is 9.95. The van der Waals surface area contributed by atoms with Gasteiger partial charge in [-0.1, -0.05) is 13.8 Å². The first-order valence-corrected chi connectivity index (χ1v) is 8.38. The van der Waals surface area contributed by atoms with E-state index in [2.05, 4.69) is 21.7 Å². The van der Waals surface area contributed by atoms with Gasteiger partial charge in [-0.05, 0) is 30.3 Å². The van der Waals surface area contributed by atoms with Gasteiger partial charge in [-0.25, -0.2) is 4.98 Å². The Kier molecular flexibility index (Phi) is 14.6. The molecule has 0 aliphatic heterocycles. The first-order chi connectivity index (χ1) is 12.5. The molecule has 2 aromatic rings. The van der Waals surface area contributed by atoms with Crippen LogP contribution in [-0.2, 0) is 0 Å². The van der Waals surface area contributed by atoms with Crippen molar-refractivity contribution in [3.63, 3.8) is 0 Å². The van der Waals surface area contributed by atoms with Crippen molar-refractivity contribution >= 4 is 36.2 Å². The Morgan fingerprint density at radius 2 is 1.83 bits per heavy atom. The Bertz CT molecular complexity index is 755. The molecule has 0 spiro atoms. The molecule has 162 valence electrons. The summed E-state index contributed by atoms with van der Waals surface area (Å²) < 4.78 is 10.7. The van der Waals surface area contributed by atoms with Crippen LogP contribution in [0.1, 0.15) is 19.4 Å². The molecule has 5 N–H and O–H groups in total. The largest absolute Gasteiger partial charge is 0.497 e. The first-order valence-electron chi connectivity index (χ1n) is 8.38. The van der Waals surface area contributed by atoms with Gasteiger partial charge in [-0.3, -0.25) is 0 Å². The molecule has 0 saturated heterocycles. The molecule has 0 radical (unpaired) electrons. The van der Waals surface area contributed by atoms with Crippen LogP contribution < -0.4 is 20.1 Å². The molecule has 1 aromatic heterocycles. The first kappa shape index (κ1) is 28.9. The lowest BCUT2D eigenvalue weighted by atomic mass is 10.2. The molecule has 29 heavy (non-hydrogen) atoms. The molecule has 1 atom stereocenters. The van der Waals surface area contributed by atoms with Crippen LogP contribution in [0, 0.1) is 11.3 Å². The van der Waals surface area contributed by atoms with Crippen LogP contribution >= 0.6 is 24.8 Å². The zero-order valence-electron chi connectivity index (χ0n) is 16.5. The molecular weight excluding hydrogens is 419 g/mol. The third-order valence-electron chi connectivity index (χ3n) is 3.57. The molecule has 0 aliphatic carbocycles. The van der Waals surface area contributed by atoms with Gasteiger partial charge in [0.05, 0.1) is 12.8 Å². The summed E-state index contributed by atoms with van der Waals surface area (Å²) in [7, 11) is 1.60. The monoisotopic (exact) mass is 446 g/mol. The van der Waals surface area contributed by atoms with E-state index in [9.17, 15) is 10.4 Å². The molecule has 2 rings (SSSR count). The molecule has 0 fully saturated rings. The Morgan fingerprint density at radius 1 is 1.17 bits per heavy atom. The van der Waals surface area contributed by atoms with E-state index in [1.807, 2.05) is 38.1 Å². The predicted octanol–water partition coefficient (Wildman–Crippen LogP) is 2.46. The van der Waals surface area contributed by atoms with Gasteiger partial charge in [0.1, 0.15) is 30.1 Å². The van der Waals surface area contributed by atoms with Crippen molar-refractivity contribution in [3.8, 4) is 17.7 Å². The molecular formula is C19H28Cl2N4O4. The van der Waals surface area contributed by atoms with Crippen LogP contribution in [0.15, 0.2) is 36.5 Å². The Hall–Kier alpha value is -2.28. The lowest BCUT2D eigenvalue weighted by Gasteiger charge is -2.16. The number of aromatic nitrogens is 1. The number of aliphatic hydroxyl groups excluding tert-OH is 1. The fraction of sp³-hybridized carbons (Fsp3) is 0.368. The van der Waals surface area contributed by atoms with Gasteiger partial charge < -0.3 is 30.7 Å². The maximum Gasteiger partial charge on any atom is 0.233 e. The number of nitrogens with one attached hydrogen (secondary N) is 2. The van der Waals surface area contributed by atoms with Crippen molar-refractivity contribution in [2.24, 2.45) is 0 Å². The van der Waals surface area contributed by atoms with E-state index in [4.69, 9.17) is 9.47 Å².